The molecule has 186 valence electrons. The van der Waals surface area contributed by atoms with Crippen molar-refractivity contribution in [1.29, 1.82) is 0 Å². The first-order chi connectivity index (χ1) is 17.4. The molecule has 0 saturated carbocycles. The van der Waals surface area contributed by atoms with Gasteiger partial charge in [-0.2, -0.15) is 0 Å². The summed E-state index contributed by atoms with van der Waals surface area (Å²) in [7, 11) is 3.09. The first-order valence-electron chi connectivity index (χ1n) is 11.8. The molecule has 4 rings (SSSR count). The second-order valence-electron chi connectivity index (χ2n) is 8.26. The van der Waals surface area contributed by atoms with Crippen molar-refractivity contribution in [2.24, 2.45) is 0 Å². The number of ketones is 1. The maximum absolute atomic E-state index is 13.4. The lowest BCUT2D eigenvalue weighted by Crippen LogP contribution is -2.29. The fraction of sp³-hybridized carbons (Fsp3) is 0.241. The highest BCUT2D eigenvalue weighted by atomic mass is 16.5. The molecule has 1 N–H and O–H groups in total. The molecule has 7 nitrogen and oxygen atoms in total. The summed E-state index contributed by atoms with van der Waals surface area (Å²) in [6.07, 6.45) is 0.843. The molecule has 0 radical (unpaired) electrons. The zero-order valence-electron chi connectivity index (χ0n) is 20.8. The minimum absolute atomic E-state index is 0.00245. The van der Waals surface area contributed by atoms with Crippen LogP contribution in [-0.2, 0) is 16.0 Å². The summed E-state index contributed by atoms with van der Waals surface area (Å²) in [6.45, 7) is 4.31. The van der Waals surface area contributed by atoms with Crippen molar-refractivity contribution in [2.45, 2.75) is 26.3 Å². The third kappa shape index (κ3) is 4.52. The maximum atomic E-state index is 13.4. The fourth-order valence-corrected chi connectivity index (χ4v) is 4.34. The van der Waals surface area contributed by atoms with Gasteiger partial charge in [0.15, 0.2) is 11.5 Å². The van der Waals surface area contributed by atoms with Crippen LogP contribution in [0.15, 0.2) is 72.3 Å². The third-order valence-electron chi connectivity index (χ3n) is 6.23. The van der Waals surface area contributed by atoms with Crippen molar-refractivity contribution < 1.29 is 28.9 Å². The van der Waals surface area contributed by atoms with E-state index in [-0.39, 0.29) is 11.3 Å². The number of carbonyl (C=O) groups excluding carboxylic acids is 2. The molecule has 7 heteroatoms. The molecular formula is C29H29NO6. The van der Waals surface area contributed by atoms with E-state index in [4.69, 9.17) is 14.2 Å². The number of anilines is 1. The molecular weight excluding hydrogens is 458 g/mol. The molecule has 1 unspecified atom stereocenters. The van der Waals surface area contributed by atoms with Crippen molar-refractivity contribution in [3.05, 3.63) is 89.0 Å². The molecule has 1 fully saturated rings. The van der Waals surface area contributed by atoms with Crippen molar-refractivity contribution in [3.8, 4) is 17.2 Å². The topological polar surface area (TPSA) is 85.3 Å². The first-order valence-corrected chi connectivity index (χ1v) is 11.8. The van der Waals surface area contributed by atoms with Crippen LogP contribution in [0.2, 0.25) is 0 Å². The summed E-state index contributed by atoms with van der Waals surface area (Å²) < 4.78 is 16.4. The molecule has 0 spiro atoms. The molecule has 1 aliphatic heterocycles. The van der Waals surface area contributed by atoms with Crippen LogP contribution in [-0.4, -0.2) is 37.6 Å². The number of hydrogen-bond acceptors (Lipinski definition) is 6. The molecule has 0 bridgehead atoms. The number of ether oxygens (including phenoxy) is 3. The Morgan fingerprint density at radius 3 is 2.17 bits per heavy atom. The number of amides is 1. The quantitative estimate of drug-likeness (QED) is 0.264. The smallest absolute Gasteiger partial charge is 0.300 e. The number of carbonyl (C=O) groups is 2. The van der Waals surface area contributed by atoms with E-state index in [1.807, 2.05) is 38.1 Å². The van der Waals surface area contributed by atoms with Gasteiger partial charge in [0.25, 0.3) is 11.7 Å². The number of Topliss-reactive ketones (excluding diaryl/α,β-unsaturated/α-hetero) is 1. The summed E-state index contributed by atoms with van der Waals surface area (Å²) in [5.41, 5.74) is 2.67. The maximum Gasteiger partial charge on any atom is 0.300 e. The molecule has 1 amide bonds. The number of aliphatic hydroxyl groups is 1. The highest BCUT2D eigenvalue weighted by Gasteiger charge is 2.47. The van der Waals surface area contributed by atoms with Crippen LogP contribution in [0.5, 0.6) is 17.2 Å². The van der Waals surface area contributed by atoms with E-state index < -0.39 is 17.7 Å². The van der Waals surface area contributed by atoms with E-state index in [1.165, 1.54) is 4.90 Å². The number of aryl methyl sites for hydroxylation is 1. The highest BCUT2D eigenvalue weighted by molar-refractivity contribution is 6.51. The predicted octanol–water partition coefficient (Wildman–Crippen LogP) is 5.29. The van der Waals surface area contributed by atoms with Crippen molar-refractivity contribution >= 4 is 23.1 Å². The average Bonchev–Trinajstić information content (AvgIpc) is 3.18. The Balaban J connectivity index is 1.93. The van der Waals surface area contributed by atoms with Crippen LogP contribution in [0.4, 0.5) is 5.69 Å². The van der Waals surface area contributed by atoms with E-state index in [2.05, 4.69) is 0 Å². The second kappa shape index (κ2) is 10.6. The number of aliphatic hydroxyl groups excluding tert-OH is 1. The Morgan fingerprint density at radius 1 is 0.889 bits per heavy atom. The number of benzene rings is 3. The first kappa shape index (κ1) is 24.9. The van der Waals surface area contributed by atoms with Crippen LogP contribution in [0.1, 0.15) is 36.6 Å². The van der Waals surface area contributed by atoms with Crippen LogP contribution in [0.3, 0.4) is 0 Å². The van der Waals surface area contributed by atoms with Crippen molar-refractivity contribution in [1.82, 2.24) is 0 Å². The zero-order chi connectivity index (χ0) is 25.8. The Bertz CT molecular complexity index is 1290. The SMILES string of the molecule is CCOc1cc(C2/C(=C(/O)c3ccc(OC)cc3)C(=O)C(=O)N2c2ccc(CC)cc2)ccc1OC. The van der Waals surface area contributed by atoms with Gasteiger partial charge < -0.3 is 19.3 Å². The lowest BCUT2D eigenvalue weighted by molar-refractivity contribution is -0.132. The number of hydrogen-bond donors (Lipinski definition) is 1. The van der Waals surface area contributed by atoms with Gasteiger partial charge in [-0.15, -0.1) is 0 Å². The van der Waals surface area contributed by atoms with E-state index in [0.29, 0.717) is 40.7 Å². The minimum Gasteiger partial charge on any atom is -0.507 e. The van der Waals surface area contributed by atoms with Crippen LogP contribution in [0, 0.1) is 0 Å². The standard InChI is InChI=1S/C29H29NO6/c1-5-18-7-12-21(13-8-18)30-26(20-11-16-23(35-4)24(17-20)36-6-2)25(28(32)29(30)33)27(31)19-9-14-22(34-3)15-10-19/h7-17,26,31H,5-6H2,1-4H3/b27-25-. The molecule has 1 saturated heterocycles. The number of nitrogens with zero attached hydrogens (tertiary/aromatic N) is 1. The van der Waals surface area contributed by atoms with Crippen molar-refractivity contribution in [3.63, 3.8) is 0 Å². The zero-order valence-corrected chi connectivity index (χ0v) is 20.8. The van der Waals surface area contributed by atoms with Gasteiger partial charge in [-0.05, 0) is 73.0 Å². The second-order valence-corrected chi connectivity index (χ2v) is 8.26. The Labute approximate surface area is 210 Å². The van der Waals surface area contributed by atoms with E-state index in [1.54, 1.807) is 56.7 Å². The summed E-state index contributed by atoms with van der Waals surface area (Å²) in [5, 5.41) is 11.3. The van der Waals surface area contributed by atoms with Gasteiger partial charge >= 0.3 is 0 Å². The summed E-state index contributed by atoms with van der Waals surface area (Å²) in [6, 6.07) is 18.5. The molecule has 0 aromatic heterocycles. The van der Waals surface area contributed by atoms with Crippen LogP contribution in [0.25, 0.3) is 5.76 Å². The molecule has 3 aromatic carbocycles. The van der Waals surface area contributed by atoms with E-state index in [9.17, 15) is 14.7 Å². The molecule has 1 aliphatic rings. The Morgan fingerprint density at radius 2 is 1.58 bits per heavy atom. The van der Waals surface area contributed by atoms with Gasteiger partial charge in [-0.1, -0.05) is 25.1 Å². The Kier molecular flexibility index (Phi) is 7.29. The molecule has 1 atom stereocenters. The summed E-state index contributed by atoms with van der Waals surface area (Å²) in [5.74, 6) is -0.123. The van der Waals surface area contributed by atoms with Gasteiger partial charge in [0.05, 0.1) is 32.4 Å². The van der Waals surface area contributed by atoms with Gasteiger partial charge in [0.2, 0.25) is 0 Å². The molecule has 36 heavy (non-hydrogen) atoms. The molecule has 0 aliphatic carbocycles. The van der Waals surface area contributed by atoms with Gasteiger partial charge in [0, 0.05) is 11.3 Å². The monoisotopic (exact) mass is 487 g/mol. The number of rotatable bonds is 8. The molecule has 1 heterocycles. The number of methoxy groups -OCH3 is 2. The normalized spacial score (nSPS) is 16.8. The van der Waals surface area contributed by atoms with Crippen molar-refractivity contribution in [2.75, 3.05) is 25.7 Å². The lowest BCUT2D eigenvalue weighted by Gasteiger charge is -2.26. The fourth-order valence-electron chi connectivity index (χ4n) is 4.34. The van der Waals surface area contributed by atoms with Gasteiger partial charge in [-0.25, -0.2) is 0 Å². The Hall–Kier alpha value is -4.26. The predicted molar refractivity (Wildman–Crippen MR) is 138 cm³/mol. The van der Waals surface area contributed by atoms with Crippen LogP contribution < -0.4 is 19.1 Å². The van der Waals surface area contributed by atoms with E-state index >= 15 is 0 Å². The van der Waals surface area contributed by atoms with Gasteiger partial charge in [-0.3, -0.25) is 14.5 Å². The van der Waals surface area contributed by atoms with Crippen LogP contribution >= 0.6 is 0 Å². The largest absolute Gasteiger partial charge is 0.507 e. The molecule has 3 aromatic rings. The van der Waals surface area contributed by atoms with E-state index in [0.717, 1.165) is 12.0 Å². The average molecular weight is 488 g/mol. The lowest BCUT2D eigenvalue weighted by atomic mass is 9.94. The van der Waals surface area contributed by atoms with Gasteiger partial charge in [0.1, 0.15) is 11.5 Å². The summed E-state index contributed by atoms with van der Waals surface area (Å²) in [4.78, 5) is 28.2. The minimum atomic E-state index is -0.871. The summed E-state index contributed by atoms with van der Waals surface area (Å²) >= 11 is 0. The third-order valence-corrected chi connectivity index (χ3v) is 6.23. The highest BCUT2D eigenvalue weighted by Crippen LogP contribution is 2.44.